The molecule has 0 saturated heterocycles. The summed E-state index contributed by atoms with van der Waals surface area (Å²) < 4.78 is 16.7. The predicted octanol–water partition coefficient (Wildman–Crippen LogP) is 7.03. The Morgan fingerprint density at radius 2 is 1.76 bits per heavy atom. The van der Waals surface area contributed by atoms with Crippen molar-refractivity contribution in [2.75, 3.05) is 25.6 Å². The van der Waals surface area contributed by atoms with E-state index in [0.29, 0.717) is 46.7 Å². The summed E-state index contributed by atoms with van der Waals surface area (Å²) in [5, 5.41) is 12.6. The zero-order chi connectivity index (χ0) is 24.8. The van der Waals surface area contributed by atoms with Crippen molar-refractivity contribution >= 4 is 29.3 Å². The van der Waals surface area contributed by atoms with Crippen LogP contribution in [0.5, 0.6) is 17.2 Å². The zero-order valence-electron chi connectivity index (χ0n) is 20.2. The summed E-state index contributed by atoms with van der Waals surface area (Å²) in [4.78, 5) is 12.6. The summed E-state index contributed by atoms with van der Waals surface area (Å²) in [6.45, 7) is 5.20. The summed E-state index contributed by atoms with van der Waals surface area (Å²) in [5.41, 5.74) is 1.06. The van der Waals surface area contributed by atoms with Gasteiger partial charge in [0.25, 0.3) is 5.91 Å². The minimum atomic E-state index is -0.523. The number of carbonyl (C=O) groups is 1. The van der Waals surface area contributed by atoms with Crippen molar-refractivity contribution in [2.24, 2.45) is 0 Å². The number of unbranched alkanes of at least 4 members (excludes halogenated alkanes) is 5. The van der Waals surface area contributed by atoms with Gasteiger partial charge >= 0.3 is 0 Å². The van der Waals surface area contributed by atoms with Gasteiger partial charge in [0, 0.05) is 5.69 Å². The fourth-order valence-corrected chi connectivity index (χ4v) is 3.61. The number of benzene rings is 2. The molecule has 0 aliphatic carbocycles. The molecule has 6 nitrogen and oxygen atoms in total. The van der Waals surface area contributed by atoms with Crippen LogP contribution < -0.4 is 19.5 Å². The second-order valence-electron chi connectivity index (χ2n) is 7.73. The number of nitrogens with one attached hydrogen (secondary N) is 1. The minimum absolute atomic E-state index is 0.0623. The molecular weight excluding hydrogens is 452 g/mol. The van der Waals surface area contributed by atoms with E-state index in [9.17, 15) is 10.1 Å². The Kier molecular flexibility index (Phi) is 11.8. The van der Waals surface area contributed by atoms with Gasteiger partial charge in [-0.3, -0.25) is 4.79 Å². The monoisotopic (exact) mass is 484 g/mol. The largest absolute Gasteiger partial charge is 0.494 e. The Labute approximate surface area is 207 Å². The summed E-state index contributed by atoms with van der Waals surface area (Å²) in [7, 11) is 1.53. The lowest BCUT2D eigenvalue weighted by Gasteiger charge is -2.13. The first-order valence-corrected chi connectivity index (χ1v) is 12.1. The number of anilines is 1. The van der Waals surface area contributed by atoms with E-state index >= 15 is 0 Å². The zero-order valence-corrected chi connectivity index (χ0v) is 20.9. The summed E-state index contributed by atoms with van der Waals surface area (Å²) in [6.07, 6.45) is 8.44. The van der Waals surface area contributed by atoms with Crippen LogP contribution in [0, 0.1) is 11.3 Å². The van der Waals surface area contributed by atoms with Crippen molar-refractivity contribution in [2.45, 2.75) is 52.4 Å². The van der Waals surface area contributed by atoms with Crippen molar-refractivity contribution in [1.82, 2.24) is 0 Å². The normalized spacial score (nSPS) is 11.0. The number of nitrogens with zero attached hydrogens (tertiary/aromatic N) is 1. The SMILES string of the molecule is CCCCCCCCOc1c(Cl)cc(/C=C(\C#N)C(=O)Nc2ccc(OCC)cc2)cc1OC. The molecule has 0 atom stereocenters. The van der Waals surface area contributed by atoms with E-state index in [1.165, 1.54) is 38.9 Å². The van der Waals surface area contributed by atoms with Crippen LogP contribution in [-0.2, 0) is 4.79 Å². The maximum absolute atomic E-state index is 12.6. The lowest BCUT2D eigenvalue weighted by molar-refractivity contribution is -0.112. The van der Waals surface area contributed by atoms with Crippen molar-refractivity contribution < 1.29 is 19.0 Å². The van der Waals surface area contributed by atoms with Crippen molar-refractivity contribution in [1.29, 1.82) is 5.26 Å². The van der Waals surface area contributed by atoms with E-state index in [2.05, 4.69) is 12.2 Å². The highest BCUT2D eigenvalue weighted by atomic mass is 35.5. The van der Waals surface area contributed by atoms with Crippen molar-refractivity contribution in [3.05, 3.63) is 52.6 Å². The predicted molar refractivity (Wildman–Crippen MR) is 137 cm³/mol. The molecule has 7 heteroatoms. The van der Waals surface area contributed by atoms with Gasteiger partial charge in [-0.05, 0) is 61.4 Å². The van der Waals surface area contributed by atoms with Gasteiger partial charge in [-0.25, -0.2) is 0 Å². The molecule has 0 aromatic heterocycles. The van der Waals surface area contributed by atoms with E-state index in [-0.39, 0.29) is 5.57 Å². The van der Waals surface area contributed by atoms with Crippen molar-refractivity contribution in [3.63, 3.8) is 0 Å². The number of halogens is 1. The first kappa shape index (κ1) is 27.1. The molecule has 0 aliphatic heterocycles. The Morgan fingerprint density at radius 3 is 2.41 bits per heavy atom. The van der Waals surface area contributed by atoms with E-state index in [4.69, 9.17) is 25.8 Å². The fourth-order valence-electron chi connectivity index (χ4n) is 3.33. The topological polar surface area (TPSA) is 80.6 Å². The number of nitriles is 1. The van der Waals surface area contributed by atoms with E-state index in [0.717, 1.165) is 12.8 Å². The van der Waals surface area contributed by atoms with E-state index in [1.807, 2.05) is 13.0 Å². The molecule has 2 aromatic carbocycles. The highest BCUT2D eigenvalue weighted by Gasteiger charge is 2.14. The molecule has 0 heterocycles. The van der Waals surface area contributed by atoms with Gasteiger partial charge in [0.1, 0.15) is 17.4 Å². The van der Waals surface area contributed by atoms with Crippen LogP contribution >= 0.6 is 11.6 Å². The second kappa shape index (κ2) is 14.9. The molecule has 0 saturated carbocycles. The van der Waals surface area contributed by atoms with Crippen molar-refractivity contribution in [3.8, 4) is 23.3 Å². The van der Waals surface area contributed by atoms with Gasteiger partial charge in [0.05, 0.1) is 25.3 Å². The maximum atomic E-state index is 12.6. The van der Waals surface area contributed by atoms with Crippen LogP contribution in [0.3, 0.4) is 0 Å². The number of carbonyl (C=O) groups excluding carboxylic acids is 1. The molecule has 0 spiro atoms. The molecule has 0 unspecified atom stereocenters. The van der Waals surface area contributed by atoms with Gasteiger partial charge in [0.2, 0.25) is 0 Å². The van der Waals surface area contributed by atoms with Crippen LogP contribution in [0.15, 0.2) is 42.0 Å². The molecule has 0 bridgehead atoms. The molecule has 0 aliphatic rings. The average Bonchev–Trinajstić information content (AvgIpc) is 2.84. The minimum Gasteiger partial charge on any atom is -0.494 e. The molecule has 182 valence electrons. The summed E-state index contributed by atoms with van der Waals surface area (Å²) in [6, 6.07) is 12.2. The molecule has 34 heavy (non-hydrogen) atoms. The van der Waals surface area contributed by atoms with Crippen LogP contribution in [0.1, 0.15) is 57.9 Å². The average molecular weight is 485 g/mol. The van der Waals surface area contributed by atoms with Crippen LogP contribution in [0.25, 0.3) is 6.08 Å². The summed E-state index contributed by atoms with van der Waals surface area (Å²) >= 11 is 6.44. The lowest BCUT2D eigenvalue weighted by atomic mass is 10.1. The molecular formula is C27H33ClN2O4. The quantitative estimate of drug-likeness (QED) is 0.177. The highest BCUT2D eigenvalue weighted by Crippen LogP contribution is 2.37. The van der Waals surface area contributed by atoms with E-state index in [1.54, 1.807) is 36.4 Å². The standard InChI is InChI=1S/C27H33ClN2O4/c1-4-6-7-8-9-10-15-34-26-24(28)17-20(18-25(26)32-3)16-21(19-29)27(31)30-22-11-13-23(14-12-22)33-5-2/h11-14,16-18H,4-10,15H2,1-3H3,(H,30,31)/b21-16+. The van der Waals surface area contributed by atoms with Crippen LogP contribution in [0.2, 0.25) is 5.02 Å². The number of amides is 1. The Bertz CT molecular complexity index is 997. The van der Waals surface area contributed by atoms with Gasteiger partial charge in [0.15, 0.2) is 11.5 Å². The number of hydrogen-bond acceptors (Lipinski definition) is 5. The first-order valence-electron chi connectivity index (χ1n) is 11.7. The number of hydrogen-bond donors (Lipinski definition) is 1. The lowest BCUT2D eigenvalue weighted by Crippen LogP contribution is -2.13. The summed E-state index contributed by atoms with van der Waals surface area (Å²) in [5.74, 6) is 1.10. The molecule has 1 amide bonds. The Hall–Kier alpha value is -3.17. The van der Waals surface area contributed by atoms with Gasteiger partial charge in [-0.1, -0.05) is 50.6 Å². The molecule has 0 fully saturated rings. The Balaban J connectivity index is 2.06. The number of ether oxygens (including phenoxy) is 3. The van der Waals surface area contributed by atoms with Gasteiger partial charge in [-0.2, -0.15) is 5.26 Å². The third-order valence-corrected chi connectivity index (χ3v) is 5.38. The van der Waals surface area contributed by atoms with Crippen LogP contribution in [-0.4, -0.2) is 26.2 Å². The highest BCUT2D eigenvalue weighted by molar-refractivity contribution is 6.32. The fraction of sp³-hybridized carbons (Fsp3) is 0.407. The maximum Gasteiger partial charge on any atom is 0.266 e. The van der Waals surface area contributed by atoms with E-state index < -0.39 is 5.91 Å². The third kappa shape index (κ3) is 8.64. The molecule has 0 radical (unpaired) electrons. The number of methoxy groups -OCH3 is 1. The van der Waals surface area contributed by atoms with Gasteiger partial charge in [-0.15, -0.1) is 0 Å². The third-order valence-electron chi connectivity index (χ3n) is 5.10. The molecule has 2 rings (SSSR count). The second-order valence-corrected chi connectivity index (χ2v) is 8.14. The first-order chi connectivity index (χ1) is 16.5. The van der Waals surface area contributed by atoms with Gasteiger partial charge < -0.3 is 19.5 Å². The molecule has 1 N–H and O–H groups in total. The number of rotatable bonds is 14. The Morgan fingerprint density at radius 1 is 1.06 bits per heavy atom. The van der Waals surface area contributed by atoms with Crippen LogP contribution in [0.4, 0.5) is 5.69 Å². The smallest absolute Gasteiger partial charge is 0.266 e. The molecule has 2 aromatic rings.